The maximum atomic E-state index is 5.25. The average Bonchev–Trinajstić information content (AvgIpc) is 4.02. The number of hydrogen-bond donors (Lipinski definition) is 0. The number of allylic oxidation sites excluding steroid dienone is 5. The van der Waals surface area contributed by atoms with E-state index in [0.29, 0.717) is 5.82 Å². The monoisotopic (exact) mass is 958 g/mol. The third-order valence-electron chi connectivity index (χ3n) is 14.4. The summed E-state index contributed by atoms with van der Waals surface area (Å²) in [6, 6.07) is 92.6. The molecule has 0 fully saturated rings. The predicted octanol–water partition coefficient (Wildman–Crippen LogP) is 18.7. The van der Waals surface area contributed by atoms with Gasteiger partial charge in [0.2, 0.25) is 0 Å². The van der Waals surface area contributed by atoms with Crippen molar-refractivity contribution >= 4 is 60.5 Å². The third-order valence-corrected chi connectivity index (χ3v) is 14.4. The molecule has 0 saturated heterocycles. The predicted molar refractivity (Wildman–Crippen MR) is 316 cm³/mol. The first kappa shape index (κ1) is 45.0. The van der Waals surface area contributed by atoms with Crippen LogP contribution in [0.25, 0.3) is 122 Å². The van der Waals surface area contributed by atoms with Crippen molar-refractivity contribution in [3.05, 3.63) is 291 Å². The molecule has 75 heavy (non-hydrogen) atoms. The van der Waals surface area contributed by atoms with Crippen LogP contribution in [0.1, 0.15) is 18.1 Å². The van der Waals surface area contributed by atoms with Gasteiger partial charge in [-0.25, -0.2) is 9.97 Å². The molecule has 0 spiro atoms. The van der Waals surface area contributed by atoms with E-state index in [1.807, 2.05) is 18.2 Å². The van der Waals surface area contributed by atoms with E-state index in [0.717, 1.165) is 94.7 Å². The Morgan fingerprint density at radius 1 is 0.360 bits per heavy atom. The highest BCUT2D eigenvalue weighted by Gasteiger charge is 2.19. The quantitative estimate of drug-likeness (QED) is 0.121. The fourth-order valence-corrected chi connectivity index (χ4v) is 10.7. The summed E-state index contributed by atoms with van der Waals surface area (Å²) in [5.74, 6) is 0.675. The molecule has 0 atom stereocenters. The van der Waals surface area contributed by atoms with Crippen molar-refractivity contribution in [1.29, 1.82) is 0 Å². The molecule has 0 aliphatic carbocycles. The second kappa shape index (κ2) is 19.3. The Balaban J connectivity index is 0.947. The molecule has 4 nitrogen and oxygen atoms in total. The van der Waals surface area contributed by atoms with Crippen LogP contribution in [-0.4, -0.2) is 19.1 Å². The lowest BCUT2D eigenvalue weighted by Crippen LogP contribution is -1.97. The summed E-state index contributed by atoms with van der Waals surface area (Å²) in [5, 5.41) is 4.74. The fraction of sp³-hybridized carbons (Fsp3) is 0.0141. The largest absolute Gasteiger partial charge is 0.313 e. The molecule has 0 N–H and O–H groups in total. The van der Waals surface area contributed by atoms with Crippen molar-refractivity contribution < 1.29 is 0 Å². The van der Waals surface area contributed by atoms with Crippen LogP contribution < -0.4 is 0 Å². The lowest BCUT2D eigenvalue weighted by atomic mass is 9.98. The Hall–Kier alpha value is -9.90. The summed E-state index contributed by atoms with van der Waals surface area (Å²) in [7, 11) is 0. The summed E-state index contributed by atoms with van der Waals surface area (Å²) >= 11 is 0. The number of benzene rings is 10. The number of aromatic nitrogens is 4. The molecule has 13 rings (SSSR count). The summed E-state index contributed by atoms with van der Waals surface area (Å²) in [5.41, 5.74) is 20.5. The molecule has 0 saturated carbocycles. The Kier molecular flexibility index (Phi) is 11.6. The van der Waals surface area contributed by atoms with E-state index < -0.39 is 0 Å². The topological polar surface area (TPSA) is 35.6 Å². The number of hydrogen-bond acceptors (Lipinski definition) is 2. The smallest absolute Gasteiger partial charge is 0.160 e. The molecule has 0 unspecified atom stereocenters. The SMILES string of the molecule is C=C(/C=C(\C=C(/C)n1c2ccc(-c3ccc(-c4ccc5c(c4)c4ccccc4n5-c4ccccc4)cc3)cc2c2cc(-c3nc(-c4ccccc4)cc(-c4ccccc4)n3)ccc21)c1ccccc1)c1ccccc1. The van der Waals surface area contributed by atoms with Gasteiger partial charge in [-0.2, -0.15) is 0 Å². The maximum Gasteiger partial charge on any atom is 0.160 e. The second-order valence-electron chi connectivity index (χ2n) is 19.1. The fourth-order valence-electron chi connectivity index (χ4n) is 10.7. The Morgan fingerprint density at radius 2 is 0.787 bits per heavy atom. The van der Waals surface area contributed by atoms with Gasteiger partial charge in [0.15, 0.2) is 5.82 Å². The number of rotatable bonds is 11. The first-order valence-electron chi connectivity index (χ1n) is 25.5. The van der Waals surface area contributed by atoms with Gasteiger partial charge in [0.1, 0.15) is 0 Å². The summed E-state index contributed by atoms with van der Waals surface area (Å²) in [4.78, 5) is 10.5. The molecule has 354 valence electrons. The van der Waals surface area contributed by atoms with Crippen LogP contribution in [0.2, 0.25) is 0 Å². The Labute approximate surface area is 436 Å². The van der Waals surface area contributed by atoms with Crippen molar-refractivity contribution in [2.75, 3.05) is 0 Å². The van der Waals surface area contributed by atoms with E-state index in [2.05, 4.69) is 277 Å². The van der Waals surface area contributed by atoms with E-state index in [4.69, 9.17) is 9.97 Å². The van der Waals surface area contributed by atoms with Crippen molar-refractivity contribution in [2.45, 2.75) is 6.92 Å². The maximum absolute atomic E-state index is 5.25. The van der Waals surface area contributed by atoms with Crippen molar-refractivity contribution in [2.24, 2.45) is 0 Å². The molecule has 3 aromatic heterocycles. The van der Waals surface area contributed by atoms with Gasteiger partial charge in [-0.1, -0.05) is 201 Å². The van der Waals surface area contributed by atoms with Gasteiger partial charge in [0, 0.05) is 49.6 Å². The average molecular weight is 959 g/mol. The molecule has 0 aliphatic heterocycles. The van der Waals surface area contributed by atoms with Crippen LogP contribution in [0, 0.1) is 0 Å². The molecule has 0 aliphatic rings. The van der Waals surface area contributed by atoms with Crippen LogP contribution in [0.15, 0.2) is 280 Å². The van der Waals surface area contributed by atoms with E-state index >= 15 is 0 Å². The third kappa shape index (κ3) is 8.54. The van der Waals surface area contributed by atoms with E-state index in [-0.39, 0.29) is 0 Å². The summed E-state index contributed by atoms with van der Waals surface area (Å²) in [6.45, 7) is 6.72. The molecular formula is C71H50N4. The number of nitrogens with zero attached hydrogens (tertiary/aromatic N) is 4. The molecule has 0 amide bonds. The zero-order chi connectivity index (χ0) is 50.2. The second-order valence-corrected chi connectivity index (χ2v) is 19.1. The van der Waals surface area contributed by atoms with Crippen LogP contribution >= 0.6 is 0 Å². The highest BCUT2D eigenvalue weighted by atomic mass is 15.0. The zero-order valence-electron chi connectivity index (χ0n) is 41.5. The minimum Gasteiger partial charge on any atom is -0.313 e. The standard InChI is InChI=1S/C71H50N4/c1-48(50-20-8-3-9-21-50)42-59(51-22-10-4-11-23-51)43-49(2)74-68-39-36-57(53-34-32-52(33-35-53)56-37-40-70-62(44-56)61-30-18-19-31-67(61)75(70)60-28-16-7-17-29-60)45-63(68)64-46-58(38-41-69(64)74)71-72-65(54-24-12-5-13-25-54)47-66(73-71)55-26-14-6-15-27-55/h3-47H,1H2,2H3/b49-43+,59-42+. The minimum atomic E-state index is 0.675. The van der Waals surface area contributed by atoms with E-state index in [1.54, 1.807) is 0 Å². The Morgan fingerprint density at radius 3 is 1.36 bits per heavy atom. The summed E-state index contributed by atoms with van der Waals surface area (Å²) < 4.78 is 4.76. The van der Waals surface area contributed by atoms with Crippen LogP contribution in [0.4, 0.5) is 0 Å². The van der Waals surface area contributed by atoms with Crippen molar-refractivity contribution in [3.8, 4) is 61.8 Å². The zero-order valence-corrected chi connectivity index (χ0v) is 41.5. The van der Waals surface area contributed by atoms with Crippen molar-refractivity contribution in [3.63, 3.8) is 0 Å². The number of para-hydroxylation sites is 2. The van der Waals surface area contributed by atoms with Gasteiger partial charge in [0.05, 0.1) is 33.5 Å². The highest BCUT2D eigenvalue weighted by molar-refractivity contribution is 6.13. The summed E-state index contributed by atoms with van der Waals surface area (Å²) in [6.07, 6.45) is 4.49. The molecule has 10 aromatic carbocycles. The van der Waals surface area contributed by atoms with Crippen LogP contribution in [0.3, 0.4) is 0 Å². The normalized spacial score (nSPS) is 12.0. The van der Waals surface area contributed by atoms with E-state index in [9.17, 15) is 0 Å². The van der Waals surface area contributed by atoms with Gasteiger partial charge in [0.25, 0.3) is 0 Å². The molecule has 0 bridgehead atoms. The van der Waals surface area contributed by atoms with Gasteiger partial charge >= 0.3 is 0 Å². The lowest BCUT2D eigenvalue weighted by molar-refractivity contribution is 1.18. The van der Waals surface area contributed by atoms with Gasteiger partial charge in [-0.15, -0.1) is 0 Å². The lowest BCUT2D eigenvalue weighted by Gasteiger charge is -2.12. The first-order valence-corrected chi connectivity index (χ1v) is 25.5. The first-order chi connectivity index (χ1) is 37.0. The van der Waals surface area contributed by atoms with E-state index in [1.165, 1.54) is 32.9 Å². The number of fused-ring (bicyclic) bond motifs is 6. The molecular weight excluding hydrogens is 909 g/mol. The van der Waals surface area contributed by atoms with Crippen LogP contribution in [0.5, 0.6) is 0 Å². The molecule has 3 heterocycles. The molecule has 4 heteroatoms. The van der Waals surface area contributed by atoms with Gasteiger partial charge in [-0.05, 0) is 130 Å². The minimum absolute atomic E-state index is 0.675. The van der Waals surface area contributed by atoms with Crippen LogP contribution in [-0.2, 0) is 0 Å². The molecule has 13 aromatic rings. The van der Waals surface area contributed by atoms with Gasteiger partial charge < -0.3 is 9.13 Å². The molecule has 0 radical (unpaired) electrons. The van der Waals surface area contributed by atoms with Gasteiger partial charge in [-0.3, -0.25) is 0 Å². The highest BCUT2D eigenvalue weighted by Crippen LogP contribution is 2.40. The van der Waals surface area contributed by atoms with Crippen molar-refractivity contribution in [1.82, 2.24) is 19.1 Å². The Bertz CT molecular complexity index is 4260.